The van der Waals surface area contributed by atoms with Crippen molar-refractivity contribution < 1.29 is 0 Å². The highest BCUT2D eigenvalue weighted by molar-refractivity contribution is 4.98. The number of aromatic nitrogens is 3. The number of rotatable bonds is 1. The molecule has 1 aromatic heterocycles. The summed E-state index contributed by atoms with van der Waals surface area (Å²) >= 11 is 0. The predicted octanol–water partition coefficient (Wildman–Crippen LogP) is 1.17. The van der Waals surface area contributed by atoms with Crippen molar-refractivity contribution in [2.75, 3.05) is 6.54 Å². The van der Waals surface area contributed by atoms with Crippen LogP contribution in [0, 0.1) is 12.8 Å². The Morgan fingerprint density at radius 1 is 1.46 bits per heavy atom. The van der Waals surface area contributed by atoms with E-state index in [1.54, 1.807) is 0 Å². The van der Waals surface area contributed by atoms with Gasteiger partial charge >= 0.3 is 0 Å². The second kappa shape index (κ2) is 3.46. The van der Waals surface area contributed by atoms with Crippen molar-refractivity contribution >= 4 is 0 Å². The summed E-state index contributed by atoms with van der Waals surface area (Å²) in [6, 6.07) is 0.346. The Labute approximate surface area is 78.1 Å². The Balaban J connectivity index is 2.14. The van der Waals surface area contributed by atoms with Gasteiger partial charge in [-0.2, -0.15) is 5.10 Å². The van der Waals surface area contributed by atoms with Crippen molar-refractivity contribution in [1.82, 2.24) is 20.5 Å². The van der Waals surface area contributed by atoms with E-state index < -0.39 is 0 Å². The lowest BCUT2D eigenvalue weighted by atomic mass is 9.92. The van der Waals surface area contributed by atoms with Gasteiger partial charge in [0.15, 0.2) is 5.82 Å². The highest BCUT2D eigenvalue weighted by Crippen LogP contribution is 2.26. The summed E-state index contributed by atoms with van der Waals surface area (Å²) in [5, 5.41) is 10.5. The third kappa shape index (κ3) is 1.72. The van der Waals surface area contributed by atoms with Gasteiger partial charge in [0.05, 0.1) is 6.04 Å². The van der Waals surface area contributed by atoms with Crippen molar-refractivity contribution in [3.8, 4) is 0 Å². The van der Waals surface area contributed by atoms with Crippen molar-refractivity contribution in [2.45, 2.75) is 32.7 Å². The SMILES string of the molecule is Cc1nc(C2NCCCC2C)n[nH]1. The number of hydrogen-bond acceptors (Lipinski definition) is 3. The quantitative estimate of drug-likeness (QED) is 0.682. The first kappa shape index (κ1) is 8.69. The summed E-state index contributed by atoms with van der Waals surface area (Å²) in [6.45, 7) is 5.27. The zero-order chi connectivity index (χ0) is 9.26. The predicted molar refractivity (Wildman–Crippen MR) is 50.3 cm³/mol. The molecule has 13 heavy (non-hydrogen) atoms. The minimum atomic E-state index is 0.346. The molecule has 2 rings (SSSR count). The average molecular weight is 180 g/mol. The van der Waals surface area contributed by atoms with E-state index in [2.05, 4.69) is 27.4 Å². The van der Waals surface area contributed by atoms with Crippen molar-refractivity contribution in [3.05, 3.63) is 11.6 Å². The molecule has 4 heteroatoms. The molecule has 1 aromatic rings. The molecule has 0 amide bonds. The molecule has 72 valence electrons. The summed E-state index contributed by atoms with van der Waals surface area (Å²) in [5.74, 6) is 2.46. The molecule has 2 unspecified atom stereocenters. The van der Waals surface area contributed by atoms with Gasteiger partial charge in [0.25, 0.3) is 0 Å². The molecular weight excluding hydrogens is 164 g/mol. The standard InChI is InChI=1S/C9H16N4/c1-6-4-3-5-10-8(6)9-11-7(2)12-13-9/h6,8,10H,3-5H2,1-2H3,(H,11,12,13). The maximum absolute atomic E-state index is 4.36. The number of nitrogens with one attached hydrogen (secondary N) is 2. The first-order chi connectivity index (χ1) is 6.27. The number of nitrogens with zero attached hydrogens (tertiary/aromatic N) is 2. The zero-order valence-electron chi connectivity index (χ0n) is 8.17. The number of piperidine rings is 1. The van der Waals surface area contributed by atoms with Crippen LogP contribution in [0.4, 0.5) is 0 Å². The summed E-state index contributed by atoms with van der Waals surface area (Å²) < 4.78 is 0. The fourth-order valence-corrected chi connectivity index (χ4v) is 1.89. The fraction of sp³-hybridized carbons (Fsp3) is 0.778. The van der Waals surface area contributed by atoms with Crippen LogP contribution in [-0.2, 0) is 0 Å². The Morgan fingerprint density at radius 2 is 2.31 bits per heavy atom. The molecule has 0 radical (unpaired) electrons. The second-order valence-corrected chi connectivity index (χ2v) is 3.83. The van der Waals surface area contributed by atoms with E-state index in [4.69, 9.17) is 0 Å². The van der Waals surface area contributed by atoms with Gasteiger partial charge in [0.2, 0.25) is 0 Å². The van der Waals surface area contributed by atoms with Crippen LogP contribution >= 0.6 is 0 Å². The van der Waals surface area contributed by atoms with Crippen LogP contribution in [0.5, 0.6) is 0 Å². The molecule has 0 bridgehead atoms. The first-order valence-corrected chi connectivity index (χ1v) is 4.89. The molecule has 0 aromatic carbocycles. The molecule has 0 saturated carbocycles. The highest BCUT2D eigenvalue weighted by Gasteiger charge is 2.25. The van der Waals surface area contributed by atoms with Gasteiger partial charge in [0, 0.05) is 0 Å². The van der Waals surface area contributed by atoms with Crippen molar-refractivity contribution in [1.29, 1.82) is 0 Å². The first-order valence-electron chi connectivity index (χ1n) is 4.89. The van der Waals surface area contributed by atoms with E-state index >= 15 is 0 Å². The minimum Gasteiger partial charge on any atom is -0.307 e. The van der Waals surface area contributed by atoms with Crippen LogP contribution in [0.25, 0.3) is 0 Å². The summed E-state index contributed by atoms with van der Waals surface area (Å²) in [6.07, 6.45) is 2.53. The molecule has 0 aliphatic carbocycles. The van der Waals surface area contributed by atoms with Crippen LogP contribution in [0.1, 0.15) is 37.5 Å². The lowest BCUT2D eigenvalue weighted by Crippen LogP contribution is -2.33. The lowest BCUT2D eigenvalue weighted by molar-refractivity contribution is 0.295. The monoisotopic (exact) mass is 180 g/mol. The summed E-state index contributed by atoms with van der Waals surface area (Å²) in [5.41, 5.74) is 0. The molecule has 1 aliphatic rings. The highest BCUT2D eigenvalue weighted by atomic mass is 15.2. The van der Waals surface area contributed by atoms with Gasteiger partial charge in [-0.05, 0) is 32.2 Å². The van der Waals surface area contributed by atoms with Gasteiger partial charge in [-0.25, -0.2) is 4.98 Å². The number of aromatic amines is 1. The Bertz CT molecular complexity index is 281. The van der Waals surface area contributed by atoms with Gasteiger partial charge < -0.3 is 5.32 Å². The van der Waals surface area contributed by atoms with E-state index in [0.29, 0.717) is 12.0 Å². The van der Waals surface area contributed by atoms with E-state index in [9.17, 15) is 0 Å². The molecular formula is C9H16N4. The largest absolute Gasteiger partial charge is 0.307 e. The molecule has 2 atom stereocenters. The van der Waals surface area contributed by atoms with Gasteiger partial charge in [0.1, 0.15) is 5.82 Å². The van der Waals surface area contributed by atoms with Gasteiger partial charge in [-0.15, -0.1) is 0 Å². The van der Waals surface area contributed by atoms with E-state index in [1.165, 1.54) is 12.8 Å². The second-order valence-electron chi connectivity index (χ2n) is 3.83. The molecule has 0 spiro atoms. The van der Waals surface area contributed by atoms with Crippen LogP contribution in [0.3, 0.4) is 0 Å². The number of hydrogen-bond donors (Lipinski definition) is 2. The molecule has 1 aliphatic heterocycles. The number of aryl methyl sites for hydroxylation is 1. The third-order valence-electron chi connectivity index (χ3n) is 2.66. The van der Waals surface area contributed by atoms with Crippen molar-refractivity contribution in [3.63, 3.8) is 0 Å². The van der Waals surface area contributed by atoms with Crippen LogP contribution in [0.15, 0.2) is 0 Å². The van der Waals surface area contributed by atoms with Gasteiger partial charge in [-0.3, -0.25) is 5.10 Å². The van der Waals surface area contributed by atoms with Crippen LogP contribution in [0.2, 0.25) is 0 Å². The zero-order valence-corrected chi connectivity index (χ0v) is 8.17. The van der Waals surface area contributed by atoms with Crippen LogP contribution in [-0.4, -0.2) is 21.7 Å². The van der Waals surface area contributed by atoms with Crippen molar-refractivity contribution in [2.24, 2.45) is 5.92 Å². The topological polar surface area (TPSA) is 53.6 Å². The minimum absolute atomic E-state index is 0.346. The number of H-pyrrole nitrogens is 1. The maximum Gasteiger partial charge on any atom is 0.167 e. The Morgan fingerprint density at radius 3 is 2.92 bits per heavy atom. The molecule has 1 fully saturated rings. The molecule has 1 saturated heterocycles. The Hall–Kier alpha value is -0.900. The molecule has 2 heterocycles. The van der Waals surface area contributed by atoms with E-state index in [0.717, 1.165) is 18.2 Å². The third-order valence-corrected chi connectivity index (χ3v) is 2.66. The fourth-order valence-electron chi connectivity index (χ4n) is 1.89. The normalized spacial score (nSPS) is 29.1. The molecule has 4 nitrogen and oxygen atoms in total. The Kier molecular flexibility index (Phi) is 2.31. The summed E-state index contributed by atoms with van der Waals surface area (Å²) in [7, 11) is 0. The smallest absolute Gasteiger partial charge is 0.167 e. The maximum atomic E-state index is 4.36. The van der Waals surface area contributed by atoms with E-state index in [1.807, 2.05) is 6.92 Å². The van der Waals surface area contributed by atoms with E-state index in [-0.39, 0.29) is 0 Å². The molecule has 2 N–H and O–H groups in total. The van der Waals surface area contributed by atoms with Crippen LogP contribution < -0.4 is 5.32 Å². The van der Waals surface area contributed by atoms with Gasteiger partial charge in [-0.1, -0.05) is 6.92 Å². The summed E-state index contributed by atoms with van der Waals surface area (Å²) in [4.78, 5) is 4.36. The average Bonchev–Trinajstić information content (AvgIpc) is 2.53. The lowest BCUT2D eigenvalue weighted by Gasteiger charge is -2.27.